The molecule has 0 amide bonds. The first-order valence-electron chi connectivity index (χ1n) is 15.9. The van der Waals surface area contributed by atoms with Crippen LogP contribution in [0.5, 0.6) is 0 Å². The Morgan fingerprint density at radius 1 is 0.867 bits per heavy atom. The lowest BCUT2D eigenvalue weighted by Crippen LogP contribution is -2.49. The number of esters is 4. The lowest BCUT2D eigenvalue weighted by Gasteiger charge is -2.39. The van der Waals surface area contributed by atoms with Crippen LogP contribution in [0.1, 0.15) is 89.7 Å². The second-order valence-corrected chi connectivity index (χ2v) is 12.4. The Kier molecular flexibility index (Phi) is 13.3. The van der Waals surface area contributed by atoms with Crippen LogP contribution in [-0.2, 0) is 43.6 Å². The summed E-state index contributed by atoms with van der Waals surface area (Å²) in [6, 6.07) is 18.4. The first-order chi connectivity index (χ1) is 21.5. The normalized spacial score (nSPS) is 18.5. The van der Waals surface area contributed by atoms with Crippen LogP contribution in [0.4, 0.5) is 0 Å². The maximum Gasteiger partial charge on any atom is 0.318 e. The molecule has 9 nitrogen and oxygen atoms in total. The van der Waals surface area contributed by atoms with E-state index in [-0.39, 0.29) is 31.3 Å². The fraction of sp³-hybridized carbons (Fsp3) is 0.528. The van der Waals surface area contributed by atoms with Gasteiger partial charge in [-0.15, -0.1) is 0 Å². The Morgan fingerprint density at radius 3 is 2.11 bits per heavy atom. The van der Waals surface area contributed by atoms with Gasteiger partial charge < -0.3 is 19.3 Å². The molecule has 0 aliphatic carbocycles. The van der Waals surface area contributed by atoms with E-state index in [4.69, 9.17) is 14.2 Å². The number of carboxylic acid groups (broad SMARTS) is 1. The molecule has 9 heteroatoms. The van der Waals surface area contributed by atoms with Gasteiger partial charge >= 0.3 is 29.8 Å². The molecule has 5 atom stereocenters. The van der Waals surface area contributed by atoms with Gasteiger partial charge in [-0.05, 0) is 49.1 Å². The number of unbranched alkanes of at least 4 members (excludes halogenated alkanes) is 3. The van der Waals surface area contributed by atoms with Gasteiger partial charge in [0.2, 0.25) is 0 Å². The summed E-state index contributed by atoms with van der Waals surface area (Å²) in [5.41, 5.74) is 0.530. The number of hydrogen-bond acceptors (Lipinski definition) is 8. The summed E-state index contributed by atoms with van der Waals surface area (Å²) in [6.07, 6.45) is 3.84. The number of aliphatic carboxylic acids is 1. The van der Waals surface area contributed by atoms with Gasteiger partial charge in [0.15, 0.2) is 0 Å². The van der Waals surface area contributed by atoms with Crippen molar-refractivity contribution in [3.05, 3.63) is 71.8 Å². The van der Waals surface area contributed by atoms with Gasteiger partial charge in [-0.25, -0.2) is 0 Å². The minimum Gasteiger partial charge on any atom is -0.481 e. The van der Waals surface area contributed by atoms with Crippen LogP contribution in [0.25, 0.3) is 0 Å². The van der Waals surface area contributed by atoms with Crippen LogP contribution in [0.15, 0.2) is 60.7 Å². The summed E-state index contributed by atoms with van der Waals surface area (Å²) in [5, 5.41) is 10.6. The summed E-state index contributed by atoms with van der Waals surface area (Å²) < 4.78 is 15.9. The molecule has 1 fully saturated rings. The summed E-state index contributed by atoms with van der Waals surface area (Å²) in [7, 11) is 0. The van der Waals surface area contributed by atoms with E-state index in [1.807, 2.05) is 50.2 Å². The number of benzene rings is 2. The van der Waals surface area contributed by atoms with Gasteiger partial charge in [0.1, 0.15) is 0 Å². The van der Waals surface area contributed by atoms with Crippen molar-refractivity contribution in [3.63, 3.8) is 0 Å². The monoisotopic (exact) mass is 622 g/mol. The molecule has 244 valence electrons. The van der Waals surface area contributed by atoms with Crippen molar-refractivity contribution >= 4 is 29.8 Å². The number of carbonyl (C=O) groups excluding carboxylic acids is 4. The van der Waals surface area contributed by atoms with Gasteiger partial charge in [-0.1, -0.05) is 94.8 Å². The molecule has 1 heterocycles. The molecule has 0 radical (unpaired) electrons. The highest BCUT2D eigenvalue weighted by Gasteiger charge is 2.58. The van der Waals surface area contributed by atoms with E-state index in [1.165, 1.54) is 0 Å². The number of rotatable bonds is 18. The van der Waals surface area contributed by atoms with Crippen LogP contribution in [0.2, 0.25) is 0 Å². The van der Waals surface area contributed by atoms with Gasteiger partial charge in [0, 0.05) is 11.8 Å². The van der Waals surface area contributed by atoms with E-state index >= 15 is 0 Å². The molecule has 45 heavy (non-hydrogen) atoms. The standard InChI is InChI=1S/C36H46O9/c1-5-6-21-43-28(37)20-14-9-15-22-44-35(42)31(36(3,4)26-18-12-8-13-19-26)30(32(38)39)29-27(33(40)45-34(29)41)23-24(2)25-16-10-7-11-17-25/h7-8,10-13,16-19,24,27,29-31H,5-6,9,14-15,20-23H2,1-4H3,(H,38,39). The van der Waals surface area contributed by atoms with E-state index in [1.54, 1.807) is 38.1 Å². The molecule has 0 spiro atoms. The molecule has 0 bridgehead atoms. The third-order valence-electron chi connectivity index (χ3n) is 8.80. The van der Waals surface area contributed by atoms with Crippen LogP contribution >= 0.6 is 0 Å². The molecule has 0 saturated carbocycles. The molecular weight excluding hydrogens is 576 g/mol. The highest BCUT2D eigenvalue weighted by Crippen LogP contribution is 2.46. The average molecular weight is 623 g/mol. The molecule has 0 aromatic heterocycles. The predicted octanol–water partition coefficient (Wildman–Crippen LogP) is 6.24. The molecule has 2 aromatic rings. The molecule has 3 rings (SSSR count). The Labute approximate surface area is 265 Å². The molecule has 1 saturated heterocycles. The summed E-state index contributed by atoms with van der Waals surface area (Å²) in [5.74, 6) is -9.63. The largest absolute Gasteiger partial charge is 0.481 e. The maximum atomic E-state index is 13.9. The van der Waals surface area contributed by atoms with E-state index < -0.39 is 53.0 Å². The van der Waals surface area contributed by atoms with Crippen molar-refractivity contribution in [1.82, 2.24) is 0 Å². The molecule has 1 aliphatic rings. The minimum absolute atomic E-state index is 0.0138. The van der Waals surface area contributed by atoms with Crippen molar-refractivity contribution in [2.45, 2.75) is 84.0 Å². The van der Waals surface area contributed by atoms with Crippen LogP contribution < -0.4 is 0 Å². The first kappa shape index (κ1) is 35.5. The third kappa shape index (κ3) is 9.49. The van der Waals surface area contributed by atoms with E-state index in [2.05, 4.69) is 0 Å². The number of ether oxygens (including phenoxy) is 3. The van der Waals surface area contributed by atoms with Crippen LogP contribution in [0.3, 0.4) is 0 Å². The van der Waals surface area contributed by atoms with Crippen molar-refractivity contribution in [3.8, 4) is 0 Å². The topological polar surface area (TPSA) is 133 Å². The summed E-state index contributed by atoms with van der Waals surface area (Å²) in [4.78, 5) is 65.1. The SMILES string of the molecule is CCCCOC(=O)CCCCCOC(=O)C(C(C(=O)O)C1C(=O)OC(=O)C1CC(C)c1ccccc1)C(C)(C)c1ccccc1. The predicted molar refractivity (Wildman–Crippen MR) is 167 cm³/mol. The summed E-state index contributed by atoms with van der Waals surface area (Å²) >= 11 is 0. The number of carbonyl (C=O) groups is 5. The van der Waals surface area contributed by atoms with E-state index in [9.17, 15) is 29.1 Å². The Morgan fingerprint density at radius 2 is 1.49 bits per heavy atom. The molecule has 5 unspecified atom stereocenters. The van der Waals surface area contributed by atoms with Gasteiger partial charge in [0.05, 0.1) is 36.9 Å². The van der Waals surface area contributed by atoms with Gasteiger partial charge in [-0.3, -0.25) is 24.0 Å². The maximum absolute atomic E-state index is 13.9. The van der Waals surface area contributed by atoms with Crippen LogP contribution in [-0.4, -0.2) is 48.2 Å². The number of hydrogen-bond donors (Lipinski definition) is 1. The smallest absolute Gasteiger partial charge is 0.318 e. The first-order valence-corrected chi connectivity index (χ1v) is 15.9. The summed E-state index contributed by atoms with van der Waals surface area (Å²) in [6.45, 7) is 7.84. The third-order valence-corrected chi connectivity index (χ3v) is 8.80. The zero-order valence-corrected chi connectivity index (χ0v) is 26.7. The zero-order valence-electron chi connectivity index (χ0n) is 26.7. The fourth-order valence-electron chi connectivity index (χ4n) is 6.15. The molecule has 1 aliphatic heterocycles. The van der Waals surface area contributed by atoms with Crippen LogP contribution in [0, 0.1) is 23.7 Å². The zero-order chi connectivity index (χ0) is 33.0. The number of carboxylic acids is 1. The lowest BCUT2D eigenvalue weighted by molar-refractivity contribution is -0.166. The molecule has 2 aromatic carbocycles. The van der Waals surface area contributed by atoms with Crippen molar-refractivity contribution in [2.75, 3.05) is 13.2 Å². The fourth-order valence-corrected chi connectivity index (χ4v) is 6.15. The van der Waals surface area contributed by atoms with Crippen molar-refractivity contribution in [1.29, 1.82) is 0 Å². The molecular formula is C36H46O9. The Bertz CT molecular complexity index is 1290. The lowest BCUT2D eigenvalue weighted by atomic mass is 9.62. The Balaban J connectivity index is 1.83. The quantitative estimate of drug-likeness (QED) is 0.0888. The van der Waals surface area contributed by atoms with Gasteiger partial charge in [-0.2, -0.15) is 0 Å². The highest BCUT2D eigenvalue weighted by atomic mass is 16.6. The van der Waals surface area contributed by atoms with E-state index in [0.717, 1.165) is 18.4 Å². The Hall–Kier alpha value is -4.01. The minimum atomic E-state index is -1.59. The second-order valence-electron chi connectivity index (χ2n) is 12.4. The van der Waals surface area contributed by atoms with Crippen molar-refractivity contribution in [2.24, 2.45) is 23.7 Å². The highest BCUT2D eigenvalue weighted by molar-refractivity contribution is 5.99. The number of cyclic esters (lactones) is 2. The molecule has 1 N–H and O–H groups in total. The van der Waals surface area contributed by atoms with Crippen molar-refractivity contribution < 1.29 is 43.3 Å². The second kappa shape index (κ2) is 16.9. The van der Waals surface area contributed by atoms with Gasteiger partial charge in [0.25, 0.3) is 0 Å². The average Bonchev–Trinajstić information content (AvgIpc) is 3.29. The van der Waals surface area contributed by atoms with E-state index in [0.29, 0.717) is 31.4 Å².